The standard InChI is InChI=1S/C12H22N2OS/c1-6-12(4,11-13-7-8-16-11)14-9(2)10(3)15-5/h7-10,14H,6H2,1-5H3. The van der Waals surface area contributed by atoms with Gasteiger partial charge in [-0.25, -0.2) is 4.98 Å². The first kappa shape index (κ1) is 13.6. The van der Waals surface area contributed by atoms with Crippen molar-refractivity contribution in [3.05, 3.63) is 16.6 Å². The minimum Gasteiger partial charge on any atom is -0.380 e. The Morgan fingerprint density at radius 1 is 1.56 bits per heavy atom. The van der Waals surface area contributed by atoms with Gasteiger partial charge >= 0.3 is 0 Å². The van der Waals surface area contributed by atoms with E-state index in [0.717, 1.165) is 11.4 Å². The van der Waals surface area contributed by atoms with Crippen LogP contribution >= 0.6 is 11.3 Å². The summed E-state index contributed by atoms with van der Waals surface area (Å²) in [5.41, 5.74) is -0.0552. The van der Waals surface area contributed by atoms with Crippen LogP contribution in [0.2, 0.25) is 0 Å². The van der Waals surface area contributed by atoms with Gasteiger partial charge in [0.05, 0.1) is 11.6 Å². The van der Waals surface area contributed by atoms with E-state index in [-0.39, 0.29) is 11.6 Å². The van der Waals surface area contributed by atoms with Crippen molar-refractivity contribution < 1.29 is 4.74 Å². The molecule has 4 heteroatoms. The van der Waals surface area contributed by atoms with E-state index in [0.29, 0.717) is 6.04 Å². The number of methoxy groups -OCH3 is 1. The van der Waals surface area contributed by atoms with Crippen LogP contribution in [-0.2, 0) is 10.3 Å². The molecule has 3 atom stereocenters. The average Bonchev–Trinajstić information content (AvgIpc) is 2.81. The molecule has 0 amide bonds. The van der Waals surface area contributed by atoms with Gasteiger partial charge in [0.1, 0.15) is 5.01 Å². The Kier molecular flexibility index (Phi) is 4.89. The second-order valence-electron chi connectivity index (χ2n) is 4.40. The third-order valence-corrected chi connectivity index (χ3v) is 4.27. The van der Waals surface area contributed by atoms with E-state index in [4.69, 9.17) is 4.74 Å². The predicted molar refractivity (Wildman–Crippen MR) is 68.8 cm³/mol. The first-order valence-electron chi connectivity index (χ1n) is 5.74. The van der Waals surface area contributed by atoms with Gasteiger partial charge in [0, 0.05) is 24.7 Å². The van der Waals surface area contributed by atoms with Crippen molar-refractivity contribution in [1.82, 2.24) is 10.3 Å². The third kappa shape index (κ3) is 3.03. The molecule has 0 fully saturated rings. The van der Waals surface area contributed by atoms with Crippen molar-refractivity contribution in [3.8, 4) is 0 Å². The van der Waals surface area contributed by atoms with Crippen molar-refractivity contribution in [1.29, 1.82) is 0 Å². The molecule has 16 heavy (non-hydrogen) atoms. The zero-order valence-corrected chi connectivity index (χ0v) is 11.6. The molecule has 1 heterocycles. The molecule has 0 saturated carbocycles. The largest absolute Gasteiger partial charge is 0.380 e. The fourth-order valence-corrected chi connectivity index (χ4v) is 2.47. The number of nitrogens with one attached hydrogen (secondary N) is 1. The molecular weight excluding hydrogens is 220 g/mol. The zero-order valence-electron chi connectivity index (χ0n) is 10.8. The van der Waals surface area contributed by atoms with Crippen molar-refractivity contribution in [2.45, 2.75) is 51.8 Å². The van der Waals surface area contributed by atoms with E-state index < -0.39 is 0 Å². The fraction of sp³-hybridized carbons (Fsp3) is 0.750. The number of aromatic nitrogens is 1. The number of thiazole rings is 1. The number of rotatable bonds is 6. The minimum atomic E-state index is -0.0552. The molecule has 0 aliphatic heterocycles. The Labute approximate surface area is 102 Å². The van der Waals surface area contributed by atoms with Gasteiger partial charge in [-0.05, 0) is 27.2 Å². The second kappa shape index (κ2) is 5.75. The highest BCUT2D eigenvalue weighted by Crippen LogP contribution is 2.27. The highest BCUT2D eigenvalue weighted by atomic mass is 32.1. The maximum absolute atomic E-state index is 5.34. The van der Waals surface area contributed by atoms with Crippen molar-refractivity contribution in [3.63, 3.8) is 0 Å². The molecule has 1 aromatic heterocycles. The molecule has 0 spiro atoms. The lowest BCUT2D eigenvalue weighted by atomic mass is 9.97. The minimum absolute atomic E-state index is 0.0552. The molecule has 0 aromatic carbocycles. The average molecular weight is 242 g/mol. The fourth-order valence-electron chi connectivity index (χ4n) is 1.63. The van der Waals surface area contributed by atoms with Gasteiger partial charge < -0.3 is 10.1 Å². The van der Waals surface area contributed by atoms with E-state index in [9.17, 15) is 0 Å². The Hall–Kier alpha value is -0.450. The van der Waals surface area contributed by atoms with Crippen molar-refractivity contribution >= 4 is 11.3 Å². The molecule has 0 bridgehead atoms. The maximum Gasteiger partial charge on any atom is 0.112 e. The van der Waals surface area contributed by atoms with E-state index in [1.54, 1.807) is 18.4 Å². The summed E-state index contributed by atoms with van der Waals surface area (Å²) in [7, 11) is 1.75. The van der Waals surface area contributed by atoms with Crippen LogP contribution in [0.25, 0.3) is 0 Å². The summed E-state index contributed by atoms with van der Waals surface area (Å²) in [6.07, 6.45) is 3.08. The monoisotopic (exact) mass is 242 g/mol. The van der Waals surface area contributed by atoms with Crippen LogP contribution in [0.4, 0.5) is 0 Å². The summed E-state index contributed by atoms with van der Waals surface area (Å²) >= 11 is 1.70. The van der Waals surface area contributed by atoms with Crippen LogP contribution in [0.1, 0.15) is 39.1 Å². The lowest BCUT2D eigenvalue weighted by Gasteiger charge is -2.33. The Bertz CT molecular complexity index is 302. The van der Waals surface area contributed by atoms with Crippen LogP contribution in [0.5, 0.6) is 0 Å². The lowest BCUT2D eigenvalue weighted by Crippen LogP contribution is -2.48. The normalized spacial score (nSPS) is 19.1. The molecule has 1 aromatic rings. The molecule has 3 nitrogen and oxygen atoms in total. The summed E-state index contributed by atoms with van der Waals surface area (Å²) in [6, 6.07) is 0.304. The smallest absolute Gasteiger partial charge is 0.112 e. The van der Waals surface area contributed by atoms with E-state index in [2.05, 4.69) is 38.0 Å². The van der Waals surface area contributed by atoms with Crippen molar-refractivity contribution in [2.24, 2.45) is 0 Å². The molecule has 1 rings (SSSR count). The topological polar surface area (TPSA) is 34.1 Å². The van der Waals surface area contributed by atoms with Crippen LogP contribution in [-0.4, -0.2) is 24.2 Å². The highest BCUT2D eigenvalue weighted by Gasteiger charge is 2.30. The van der Waals surface area contributed by atoms with Crippen LogP contribution in [0.3, 0.4) is 0 Å². The Morgan fingerprint density at radius 3 is 2.69 bits per heavy atom. The molecule has 92 valence electrons. The lowest BCUT2D eigenvalue weighted by molar-refractivity contribution is 0.0751. The summed E-state index contributed by atoms with van der Waals surface area (Å²) in [6.45, 7) is 8.61. The van der Waals surface area contributed by atoms with Gasteiger partial charge in [0.2, 0.25) is 0 Å². The van der Waals surface area contributed by atoms with Crippen LogP contribution in [0, 0.1) is 0 Å². The highest BCUT2D eigenvalue weighted by molar-refractivity contribution is 7.09. The van der Waals surface area contributed by atoms with Gasteiger partial charge in [-0.2, -0.15) is 0 Å². The maximum atomic E-state index is 5.34. The number of ether oxygens (including phenoxy) is 1. The summed E-state index contributed by atoms with van der Waals surface area (Å²) in [5.74, 6) is 0. The Morgan fingerprint density at radius 2 is 2.25 bits per heavy atom. The summed E-state index contributed by atoms with van der Waals surface area (Å²) in [4.78, 5) is 4.41. The van der Waals surface area contributed by atoms with Gasteiger partial charge in [-0.3, -0.25) is 0 Å². The van der Waals surface area contributed by atoms with Gasteiger partial charge in [0.15, 0.2) is 0 Å². The van der Waals surface area contributed by atoms with Gasteiger partial charge in [-0.15, -0.1) is 11.3 Å². The molecule has 1 N–H and O–H groups in total. The Balaban J connectivity index is 2.75. The van der Waals surface area contributed by atoms with Crippen molar-refractivity contribution in [2.75, 3.05) is 7.11 Å². The zero-order chi connectivity index (χ0) is 12.2. The van der Waals surface area contributed by atoms with Gasteiger partial charge in [0.25, 0.3) is 0 Å². The first-order valence-corrected chi connectivity index (χ1v) is 6.62. The molecule has 0 aliphatic carbocycles. The summed E-state index contributed by atoms with van der Waals surface area (Å²) in [5, 5.41) is 6.79. The molecule has 0 saturated heterocycles. The molecular formula is C12H22N2OS. The van der Waals surface area contributed by atoms with Gasteiger partial charge in [-0.1, -0.05) is 6.92 Å². The van der Waals surface area contributed by atoms with Crippen LogP contribution < -0.4 is 5.32 Å². The first-order chi connectivity index (χ1) is 7.53. The second-order valence-corrected chi connectivity index (χ2v) is 5.29. The summed E-state index contributed by atoms with van der Waals surface area (Å²) < 4.78 is 5.34. The molecule has 0 aliphatic rings. The van der Waals surface area contributed by atoms with E-state index in [1.165, 1.54) is 0 Å². The van der Waals surface area contributed by atoms with Crippen LogP contribution in [0.15, 0.2) is 11.6 Å². The predicted octanol–water partition coefficient (Wildman–Crippen LogP) is 2.78. The number of hydrogen-bond acceptors (Lipinski definition) is 4. The molecule has 0 radical (unpaired) electrons. The quantitative estimate of drug-likeness (QED) is 0.833. The third-order valence-electron chi connectivity index (χ3n) is 3.23. The van der Waals surface area contributed by atoms with E-state index in [1.807, 2.05) is 11.6 Å². The number of hydrogen-bond donors (Lipinski definition) is 1. The number of nitrogens with zero attached hydrogens (tertiary/aromatic N) is 1. The SMILES string of the molecule is CCC(C)(NC(C)C(C)OC)c1nccs1. The van der Waals surface area contributed by atoms with E-state index >= 15 is 0 Å². The molecule has 3 unspecified atom stereocenters.